The van der Waals surface area contributed by atoms with Crippen LogP contribution < -0.4 is 14.8 Å². The van der Waals surface area contributed by atoms with Crippen molar-refractivity contribution in [1.82, 2.24) is 9.97 Å². The van der Waals surface area contributed by atoms with Crippen molar-refractivity contribution in [3.05, 3.63) is 47.7 Å². The van der Waals surface area contributed by atoms with E-state index < -0.39 is 0 Å². The lowest BCUT2D eigenvalue weighted by atomic mass is 10.0. The van der Waals surface area contributed by atoms with Crippen LogP contribution in [0.4, 0.5) is 5.69 Å². The van der Waals surface area contributed by atoms with E-state index in [0.717, 1.165) is 0 Å². The minimum atomic E-state index is -0.336. The molecule has 7 heteroatoms. The molecular formula is C15H13N3O4. The zero-order chi connectivity index (χ0) is 15.7. The number of carbonyl (C=O) groups excluding carboxylic acids is 2. The number of imidazole rings is 1. The molecule has 22 heavy (non-hydrogen) atoms. The Hall–Kier alpha value is -3.09. The SMILES string of the molecule is COc1ccc(OC)c(NC2=CC(=O)c3nc[nH]c3C2=O)c1. The summed E-state index contributed by atoms with van der Waals surface area (Å²) >= 11 is 0. The summed E-state index contributed by atoms with van der Waals surface area (Å²) in [4.78, 5) is 30.9. The maximum absolute atomic E-state index is 12.4. The molecule has 0 bridgehead atoms. The molecule has 7 nitrogen and oxygen atoms in total. The monoisotopic (exact) mass is 299 g/mol. The van der Waals surface area contributed by atoms with E-state index in [2.05, 4.69) is 15.3 Å². The highest BCUT2D eigenvalue weighted by molar-refractivity contribution is 6.23. The first-order chi connectivity index (χ1) is 10.6. The Kier molecular flexibility index (Phi) is 3.38. The van der Waals surface area contributed by atoms with Crippen molar-refractivity contribution < 1.29 is 19.1 Å². The summed E-state index contributed by atoms with van der Waals surface area (Å²) in [6, 6.07) is 5.12. The molecule has 0 aliphatic heterocycles. The van der Waals surface area contributed by atoms with Gasteiger partial charge in [-0.2, -0.15) is 0 Å². The minimum Gasteiger partial charge on any atom is -0.497 e. The molecule has 0 radical (unpaired) electrons. The van der Waals surface area contributed by atoms with E-state index in [1.165, 1.54) is 26.6 Å². The topological polar surface area (TPSA) is 93.3 Å². The Morgan fingerprint density at radius 1 is 1.18 bits per heavy atom. The third-order valence-electron chi connectivity index (χ3n) is 3.30. The number of Topliss-reactive ketones (excluding diaryl/α,β-unsaturated/α-hetero) is 1. The van der Waals surface area contributed by atoms with Crippen LogP contribution in [-0.2, 0) is 0 Å². The van der Waals surface area contributed by atoms with Crippen molar-refractivity contribution in [2.45, 2.75) is 0 Å². The second-order valence-corrected chi connectivity index (χ2v) is 4.57. The number of nitrogens with zero attached hydrogens (tertiary/aromatic N) is 1. The number of aromatic amines is 1. The molecular weight excluding hydrogens is 286 g/mol. The number of H-pyrrole nitrogens is 1. The molecule has 1 heterocycles. The number of ether oxygens (including phenoxy) is 2. The fourth-order valence-electron chi connectivity index (χ4n) is 2.20. The second kappa shape index (κ2) is 5.36. The number of benzene rings is 1. The van der Waals surface area contributed by atoms with Gasteiger partial charge in [-0.15, -0.1) is 0 Å². The van der Waals surface area contributed by atoms with Gasteiger partial charge in [-0.05, 0) is 12.1 Å². The van der Waals surface area contributed by atoms with Crippen LogP contribution in [0.5, 0.6) is 11.5 Å². The van der Waals surface area contributed by atoms with Gasteiger partial charge in [0.2, 0.25) is 11.6 Å². The van der Waals surface area contributed by atoms with Crippen LogP contribution in [0.1, 0.15) is 21.0 Å². The van der Waals surface area contributed by atoms with Gasteiger partial charge in [0.05, 0.1) is 31.9 Å². The zero-order valence-electron chi connectivity index (χ0n) is 12.0. The van der Waals surface area contributed by atoms with Crippen LogP contribution in [-0.4, -0.2) is 35.8 Å². The molecule has 0 spiro atoms. The Labute approximate surface area is 126 Å². The molecule has 1 aliphatic carbocycles. The maximum atomic E-state index is 12.4. The van der Waals surface area contributed by atoms with Crippen LogP contribution in [0.3, 0.4) is 0 Å². The van der Waals surface area contributed by atoms with Crippen LogP contribution in [0.2, 0.25) is 0 Å². The number of nitrogens with one attached hydrogen (secondary N) is 2. The van der Waals surface area contributed by atoms with E-state index in [4.69, 9.17) is 9.47 Å². The van der Waals surface area contributed by atoms with Gasteiger partial charge in [0.25, 0.3) is 0 Å². The minimum absolute atomic E-state index is 0.133. The third-order valence-corrected chi connectivity index (χ3v) is 3.30. The van der Waals surface area contributed by atoms with Crippen molar-refractivity contribution in [3.63, 3.8) is 0 Å². The number of hydrogen-bond donors (Lipinski definition) is 2. The largest absolute Gasteiger partial charge is 0.497 e. The molecule has 0 unspecified atom stereocenters. The molecule has 2 N–H and O–H groups in total. The predicted molar refractivity (Wildman–Crippen MR) is 78.5 cm³/mol. The molecule has 0 saturated heterocycles. The van der Waals surface area contributed by atoms with Gasteiger partial charge in [0.15, 0.2) is 0 Å². The second-order valence-electron chi connectivity index (χ2n) is 4.57. The van der Waals surface area contributed by atoms with Crippen molar-refractivity contribution in [2.75, 3.05) is 19.5 Å². The molecule has 0 amide bonds. The van der Waals surface area contributed by atoms with E-state index in [1.807, 2.05) is 0 Å². The van der Waals surface area contributed by atoms with Gasteiger partial charge >= 0.3 is 0 Å². The molecule has 0 saturated carbocycles. The van der Waals surface area contributed by atoms with Gasteiger partial charge in [0, 0.05) is 12.1 Å². The molecule has 1 aromatic heterocycles. The number of allylic oxidation sites excluding steroid dienone is 2. The molecule has 0 fully saturated rings. The zero-order valence-corrected chi connectivity index (χ0v) is 12.0. The Balaban J connectivity index is 1.97. The van der Waals surface area contributed by atoms with Crippen LogP contribution in [0.15, 0.2) is 36.3 Å². The summed E-state index contributed by atoms with van der Waals surface area (Å²) < 4.78 is 10.4. The normalized spacial score (nSPS) is 13.5. The summed E-state index contributed by atoms with van der Waals surface area (Å²) in [5.41, 5.74) is 0.982. The van der Waals surface area contributed by atoms with Crippen LogP contribution in [0, 0.1) is 0 Å². The fourth-order valence-corrected chi connectivity index (χ4v) is 2.20. The standard InChI is InChI=1S/C15H13N3O4/c1-21-8-3-4-12(22-2)9(5-8)18-10-6-11(19)13-14(15(10)20)17-7-16-13/h3-7,18H,1-2H3,(H,16,17). The number of ketones is 2. The number of fused-ring (bicyclic) bond motifs is 1. The maximum Gasteiger partial charge on any atom is 0.227 e. The quantitative estimate of drug-likeness (QED) is 0.894. The Morgan fingerprint density at radius 3 is 2.73 bits per heavy atom. The van der Waals surface area contributed by atoms with Gasteiger partial charge in [-0.3, -0.25) is 9.59 Å². The van der Waals surface area contributed by atoms with Crippen LogP contribution in [0.25, 0.3) is 0 Å². The highest BCUT2D eigenvalue weighted by Crippen LogP contribution is 2.31. The average Bonchev–Trinajstić information content (AvgIpc) is 3.02. The highest BCUT2D eigenvalue weighted by Gasteiger charge is 2.28. The first kappa shape index (κ1) is 13.9. The number of methoxy groups -OCH3 is 2. The number of rotatable bonds is 4. The van der Waals surface area contributed by atoms with Crippen molar-refractivity contribution in [2.24, 2.45) is 0 Å². The van der Waals surface area contributed by atoms with E-state index in [-0.39, 0.29) is 28.7 Å². The number of anilines is 1. The predicted octanol–water partition coefficient (Wildman–Crippen LogP) is 1.80. The van der Waals surface area contributed by atoms with Crippen molar-refractivity contribution in [3.8, 4) is 11.5 Å². The van der Waals surface area contributed by atoms with Gasteiger partial charge in [0.1, 0.15) is 22.9 Å². The van der Waals surface area contributed by atoms with Gasteiger partial charge in [-0.25, -0.2) is 4.98 Å². The van der Waals surface area contributed by atoms with E-state index >= 15 is 0 Å². The van der Waals surface area contributed by atoms with E-state index in [0.29, 0.717) is 17.2 Å². The van der Waals surface area contributed by atoms with Gasteiger partial charge in [-0.1, -0.05) is 0 Å². The number of aromatic nitrogens is 2. The molecule has 1 aliphatic rings. The molecule has 112 valence electrons. The highest BCUT2D eigenvalue weighted by atomic mass is 16.5. The molecule has 0 atom stereocenters. The summed E-state index contributed by atoms with van der Waals surface area (Å²) in [5, 5.41) is 2.92. The number of hydrogen-bond acceptors (Lipinski definition) is 6. The Morgan fingerprint density at radius 2 is 2.00 bits per heavy atom. The first-order valence-electron chi connectivity index (χ1n) is 6.47. The third kappa shape index (κ3) is 2.22. The summed E-state index contributed by atoms with van der Waals surface area (Å²) in [6.07, 6.45) is 2.55. The molecule has 2 aromatic rings. The smallest absolute Gasteiger partial charge is 0.227 e. The van der Waals surface area contributed by atoms with Crippen LogP contribution >= 0.6 is 0 Å². The Bertz CT molecular complexity index is 792. The van der Waals surface area contributed by atoms with Gasteiger partial charge < -0.3 is 19.8 Å². The summed E-state index contributed by atoms with van der Waals surface area (Å²) in [5.74, 6) is 0.454. The van der Waals surface area contributed by atoms with Crippen molar-refractivity contribution in [1.29, 1.82) is 0 Å². The lowest BCUT2D eigenvalue weighted by Gasteiger charge is -2.16. The first-order valence-corrected chi connectivity index (χ1v) is 6.47. The van der Waals surface area contributed by atoms with E-state index in [1.54, 1.807) is 18.2 Å². The van der Waals surface area contributed by atoms with E-state index in [9.17, 15) is 9.59 Å². The van der Waals surface area contributed by atoms with Crippen molar-refractivity contribution >= 4 is 17.3 Å². The summed E-state index contributed by atoms with van der Waals surface area (Å²) in [7, 11) is 3.05. The fraction of sp³-hybridized carbons (Fsp3) is 0.133. The number of carbonyl (C=O) groups is 2. The lowest BCUT2D eigenvalue weighted by molar-refractivity contribution is 0.0980. The molecule has 3 rings (SSSR count). The summed E-state index contributed by atoms with van der Waals surface area (Å²) in [6.45, 7) is 0. The average molecular weight is 299 g/mol. The molecule has 1 aromatic carbocycles. The lowest BCUT2D eigenvalue weighted by Crippen LogP contribution is -2.21.